The number of aromatic nitrogens is 1. The maximum absolute atomic E-state index is 12.3. The zero-order valence-corrected chi connectivity index (χ0v) is 24.4. The number of unbranched alkanes of at least 4 members (excludes halogenated alkanes) is 3. The molecule has 32 heavy (non-hydrogen) atoms. The van der Waals surface area contributed by atoms with Crippen molar-refractivity contribution in [2.24, 2.45) is 0 Å². The summed E-state index contributed by atoms with van der Waals surface area (Å²) in [5.74, 6) is 1.05. The Balaban J connectivity index is 2.08. The zero-order valence-electron chi connectivity index (χ0n) is 21.6. The summed E-state index contributed by atoms with van der Waals surface area (Å²) in [6.07, 6.45) is 10.0. The summed E-state index contributed by atoms with van der Waals surface area (Å²) in [5.41, 5.74) is -0.447. The summed E-state index contributed by atoms with van der Waals surface area (Å²) in [5, 5.41) is 0. The van der Waals surface area contributed by atoms with E-state index in [0.29, 0.717) is 13.1 Å². The first kappa shape index (κ1) is 27.3. The van der Waals surface area contributed by atoms with E-state index in [1.807, 2.05) is 25.7 Å². The number of carbonyl (C=O) groups excluding carboxylic acids is 1. The molecule has 0 radical (unpaired) electrons. The van der Waals surface area contributed by atoms with Crippen molar-refractivity contribution in [2.75, 3.05) is 31.1 Å². The third kappa shape index (κ3) is 8.10. The number of hydrogen-bond acceptors (Lipinski definition) is 4. The van der Waals surface area contributed by atoms with Crippen molar-refractivity contribution in [3.63, 3.8) is 0 Å². The molecular formula is C26H47N3O2Sn. The number of rotatable bonds is 11. The minimum atomic E-state index is -2.41. The van der Waals surface area contributed by atoms with Gasteiger partial charge in [0.1, 0.15) is 0 Å². The van der Waals surface area contributed by atoms with Gasteiger partial charge in [-0.05, 0) is 0 Å². The van der Waals surface area contributed by atoms with Crippen molar-refractivity contribution in [3.05, 3.63) is 18.3 Å². The first-order valence-corrected chi connectivity index (χ1v) is 20.4. The van der Waals surface area contributed by atoms with Crippen molar-refractivity contribution < 1.29 is 9.53 Å². The molecule has 2 rings (SSSR count). The van der Waals surface area contributed by atoms with Crippen LogP contribution in [0.5, 0.6) is 0 Å². The van der Waals surface area contributed by atoms with Gasteiger partial charge < -0.3 is 0 Å². The van der Waals surface area contributed by atoms with Crippen molar-refractivity contribution >= 4 is 33.9 Å². The predicted octanol–water partition coefficient (Wildman–Crippen LogP) is 6.19. The standard InChI is InChI=1S/C14H20N3O2.3C4H9.Sn/c1-14(2,3)19-13(18)17-10-8-16(9-11-17)12-6-4-5-7-15-12;3*1-3-4-2;/h4,6-7H,8-11H2,1-3H3;3*1,3-4H2,2H3;. The van der Waals surface area contributed by atoms with Crippen LogP contribution in [0.15, 0.2) is 18.3 Å². The summed E-state index contributed by atoms with van der Waals surface area (Å²) in [6.45, 7) is 15.7. The summed E-state index contributed by atoms with van der Waals surface area (Å²) in [7, 11) is 0. The van der Waals surface area contributed by atoms with E-state index < -0.39 is 24.0 Å². The van der Waals surface area contributed by atoms with Crippen LogP contribution in [-0.4, -0.2) is 66.1 Å². The van der Waals surface area contributed by atoms with Crippen LogP contribution < -0.4 is 8.48 Å². The molecule has 2 heterocycles. The maximum atomic E-state index is 12.3. The second-order valence-electron chi connectivity index (χ2n) is 10.5. The van der Waals surface area contributed by atoms with Crippen molar-refractivity contribution in [3.8, 4) is 0 Å². The van der Waals surface area contributed by atoms with Crippen molar-refractivity contribution in [1.29, 1.82) is 0 Å². The van der Waals surface area contributed by atoms with Crippen LogP contribution in [0.25, 0.3) is 0 Å². The van der Waals surface area contributed by atoms with E-state index in [-0.39, 0.29) is 6.09 Å². The van der Waals surface area contributed by atoms with Crippen LogP contribution in [-0.2, 0) is 4.74 Å². The van der Waals surface area contributed by atoms with Crippen LogP contribution in [0.3, 0.4) is 0 Å². The summed E-state index contributed by atoms with van der Waals surface area (Å²) < 4.78 is 11.6. The molecule has 5 nitrogen and oxygen atoms in total. The normalized spacial score (nSPS) is 15.2. The Kier molecular flexibility index (Phi) is 11.1. The van der Waals surface area contributed by atoms with E-state index in [2.05, 4.69) is 44.0 Å². The average Bonchev–Trinajstić information content (AvgIpc) is 2.78. The van der Waals surface area contributed by atoms with Gasteiger partial charge in [-0.3, -0.25) is 0 Å². The Morgan fingerprint density at radius 1 is 0.938 bits per heavy atom. The second-order valence-corrected chi connectivity index (χ2v) is 23.7. The third-order valence-electron chi connectivity index (χ3n) is 6.64. The number of amides is 1. The second kappa shape index (κ2) is 13.0. The molecule has 1 aliphatic heterocycles. The number of anilines is 1. The fourth-order valence-electron chi connectivity index (χ4n) is 4.68. The van der Waals surface area contributed by atoms with E-state index >= 15 is 0 Å². The number of carbonyl (C=O) groups is 1. The molecule has 1 amide bonds. The molecule has 0 N–H and O–H groups in total. The van der Waals surface area contributed by atoms with Gasteiger partial charge in [0.25, 0.3) is 0 Å². The van der Waals surface area contributed by atoms with E-state index in [1.165, 1.54) is 51.8 Å². The number of pyridine rings is 1. The van der Waals surface area contributed by atoms with Gasteiger partial charge in [-0.25, -0.2) is 0 Å². The van der Waals surface area contributed by atoms with Crippen LogP contribution in [0.2, 0.25) is 13.3 Å². The zero-order chi connectivity index (χ0) is 23.6. The SMILES string of the molecule is CCC[CH2][Sn]([CH2]CCC)([CH2]CCC)[c]1ccc(N2CCN(C(=O)OC(C)(C)C)CC2)nc1. The van der Waals surface area contributed by atoms with E-state index in [0.717, 1.165) is 18.9 Å². The van der Waals surface area contributed by atoms with Gasteiger partial charge in [0.15, 0.2) is 0 Å². The first-order chi connectivity index (χ1) is 15.2. The van der Waals surface area contributed by atoms with Crippen LogP contribution in [0, 0.1) is 0 Å². The van der Waals surface area contributed by atoms with Crippen molar-refractivity contribution in [2.45, 2.75) is 99.0 Å². The molecule has 0 aromatic carbocycles. The molecular weight excluding hydrogens is 505 g/mol. The van der Waals surface area contributed by atoms with Crippen LogP contribution in [0.4, 0.5) is 10.6 Å². The van der Waals surface area contributed by atoms with Crippen LogP contribution >= 0.6 is 0 Å². The van der Waals surface area contributed by atoms with Crippen LogP contribution in [0.1, 0.15) is 80.1 Å². The van der Waals surface area contributed by atoms with Gasteiger partial charge in [-0.15, -0.1) is 0 Å². The molecule has 1 aromatic rings. The average molecular weight is 552 g/mol. The number of piperazine rings is 1. The molecule has 0 saturated carbocycles. The van der Waals surface area contributed by atoms with Gasteiger partial charge in [0.2, 0.25) is 0 Å². The van der Waals surface area contributed by atoms with Gasteiger partial charge in [-0.2, -0.15) is 0 Å². The molecule has 0 aliphatic carbocycles. The molecule has 0 atom stereocenters. The molecule has 182 valence electrons. The predicted molar refractivity (Wildman–Crippen MR) is 139 cm³/mol. The van der Waals surface area contributed by atoms with Gasteiger partial charge in [-0.1, -0.05) is 0 Å². The molecule has 0 unspecified atom stereocenters. The fraction of sp³-hybridized carbons (Fsp3) is 0.769. The van der Waals surface area contributed by atoms with E-state index in [9.17, 15) is 4.79 Å². The molecule has 1 fully saturated rings. The molecule has 6 heteroatoms. The Labute approximate surface area is 201 Å². The fourth-order valence-corrected chi connectivity index (χ4v) is 20.3. The number of nitrogens with zero attached hydrogens (tertiary/aromatic N) is 3. The summed E-state index contributed by atoms with van der Waals surface area (Å²) in [4.78, 5) is 21.4. The van der Waals surface area contributed by atoms with Crippen molar-refractivity contribution in [1.82, 2.24) is 9.88 Å². The molecule has 1 aromatic heterocycles. The van der Waals surface area contributed by atoms with Gasteiger partial charge in [0.05, 0.1) is 0 Å². The Hall–Kier alpha value is -0.981. The first-order valence-electron chi connectivity index (χ1n) is 12.9. The van der Waals surface area contributed by atoms with E-state index in [4.69, 9.17) is 9.72 Å². The van der Waals surface area contributed by atoms with Gasteiger partial charge in [0, 0.05) is 0 Å². The Morgan fingerprint density at radius 3 is 1.88 bits per heavy atom. The minimum absolute atomic E-state index is 0.206. The number of ether oxygens (including phenoxy) is 1. The third-order valence-corrected chi connectivity index (χ3v) is 22.2. The quantitative estimate of drug-likeness (QED) is 0.307. The number of hydrogen-bond donors (Lipinski definition) is 0. The Morgan fingerprint density at radius 2 is 1.47 bits per heavy atom. The summed E-state index contributed by atoms with van der Waals surface area (Å²) >= 11 is -2.41. The Bertz CT molecular complexity index is 658. The van der Waals surface area contributed by atoms with Gasteiger partial charge >= 0.3 is 202 Å². The molecule has 0 bridgehead atoms. The molecule has 1 aliphatic rings. The topological polar surface area (TPSA) is 45.7 Å². The molecule has 0 spiro atoms. The summed E-state index contributed by atoms with van der Waals surface area (Å²) in [6, 6.07) is 4.69. The van der Waals surface area contributed by atoms with E-state index in [1.54, 1.807) is 3.58 Å². The molecule has 1 saturated heterocycles. The monoisotopic (exact) mass is 553 g/mol.